The fraction of sp³-hybridized carbons (Fsp3) is 0.833. The zero-order chi connectivity index (χ0) is 16.5. The number of unbranched alkanes of at least 4 members (excludes halogenated alkanes) is 9. The Morgan fingerprint density at radius 2 is 1.32 bits per heavy atom. The van der Waals surface area contributed by atoms with Crippen LogP contribution in [0.5, 0.6) is 0 Å². The minimum Gasteiger partial charge on any atom is -0.487 e. The van der Waals surface area contributed by atoms with Gasteiger partial charge in [-0.25, -0.2) is 4.79 Å². The van der Waals surface area contributed by atoms with E-state index < -0.39 is 5.97 Å². The van der Waals surface area contributed by atoms with Crippen molar-refractivity contribution in [3.8, 4) is 0 Å². The van der Waals surface area contributed by atoms with Crippen LogP contribution < -0.4 is 0 Å². The summed E-state index contributed by atoms with van der Waals surface area (Å²) in [6.45, 7) is 6.53. The lowest BCUT2D eigenvalue weighted by Crippen LogP contribution is -2.12. The van der Waals surface area contributed by atoms with Gasteiger partial charge in [0.1, 0.15) is 0 Å². The number of aliphatic hydroxyl groups is 1. The molecule has 0 bridgehead atoms. The second kappa shape index (κ2) is 16.3. The predicted octanol–water partition coefficient (Wildman–Crippen LogP) is 4.36. The van der Waals surface area contributed by atoms with Gasteiger partial charge in [0.25, 0.3) is 0 Å². The first-order chi connectivity index (χ1) is 10.7. The van der Waals surface area contributed by atoms with Crippen molar-refractivity contribution in [3.05, 3.63) is 12.3 Å². The molecule has 0 fully saturated rings. The number of carbonyl (C=O) groups is 1. The first-order valence-electron chi connectivity index (χ1n) is 8.82. The average molecular weight is 314 g/mol. The van der Waals surface area contributed by atoms with Crippen molar-refractivity contribution in [2.75, 3.05) is 19.8 Å². The largest absolute Gasteiger partial charge is 0.487 e. The zero-order valence-electron chi connectivity index (χ0n) is 14.3. The van der Waals surface area contributed by atoms with Crippen LogP contribution in [0.4, 0.5) is 0 Å². The molecule has 0 heterocycles. The maximum Gasteiger partial charge on any atom is 0.372 e. The molecule has 0 spiro atoms. The van der Waals surface area contributed by atoms with Gasteiger partial charge in [-0.3, -0.25) is 0 Å². The summed E-state index contributed by atoms with van der Waals surface area (Å²) < 4.78 is 10.1. The quantitative estimate of drug-likeness (QED) is 0.199. The molecule has 0 rings (SSSR count). The third kappa shape index (κ3) is 13.9. The van der Waals surface area contributed by atoms with E-state index in [2.05, 4.69) is 13.5 Å². The van der Waals surface area contributed by atoms with Crippen LogP contribution in [0.15, 0.2) is 12.3 Å². The first kappa shape index (κ1) is 21.0. The number of hydrogen-bond acceptors (Lipinski definition) is 4. The van der Waals surface area contributed by atoms with E-state index in [1.165, 1.54) is 51.4 Å². The molecule has 0 aliphatic carbocycles. The van der Waals surface area contributed by atoms with Gasteiger partial charge < -0.3 is 14.6 Å². The lowest BCUT2D eigenvalue weighted by Gasteiger charge is -2.08. The van der Waals surface area contributed by atoms with Crippen LogP contribution in [0.25, 0.3) is 0 Å². The third-order valence-corrected chi connectivity index (χ3v) is 3.54. The molecule has 0 aromatic carbocycles. The highest BCUT2D eigenvalue weighted by atomic mass is 16.6. The molecule has 0 radical (unpaired) electrons. The van der Waals surface area contributed by atoms with E-state index in [1.54, 1.807) is 0 Å². The van der Waals surface area contributed by atoms with E-state index in [4.69, 9.17) is 14.6 Å². The van der Waals surface area contributed by atoms with Crippen LogP contribution in [0, 0.1) is 0 Å². The molecule has 22 heavy (non-hydrogen) atoms. The van der Waals surface area contributed by atoms with Crippen molar-refractivity contribution in [1.29, 1.82) is 0 Å². The van der Waals surface area contributed by atoms with Crippen LogP contribution in [0.3, 0.4) is 0 Å². The molecule has 0 aromatic heterocycles. The Bertz CT molecular complexity index is 276. The minimum absolute atomic E-state index is 0.0131. The summed E-state index contributed by atoms with van der Waals surface area (Å²) in [5.41, 5.74) is 0. The fourth-order valence-electron chi connectivity index (χ4n) is 2.15. The molecular formula is C18H34O4. The number of esters is 1. The van der Waals surface area contributed by atoms with Crippen LogP contribution in [-0.4, -0.2) is 30.9 Å². The second-order valence-corrected chi connectivity index (χ2v) is 5.67. The number of ether oxygens (including phenoxy) is 2. The van der Waals surface area contributed by atoms with Crippen molar-refractivity contribution < 1.29 is 19.4 Å². The molecule has 0 atom stereocenters. The smallest absolute Gasteiger partial charge is 0.372 e. The summed E-state index contributed by atoms with van der Waals surface area (Å²) in [5, 5.41) is 8.59. The molecule has 0 aliphatic heterocycles. The van der Waals surface area contributed by atoms with Gasteiger partial charge in [0.15, 0.2) is 5.76 Å². The number of carbonyl (C=O) groups excluding carboxylic acids is 1. The third-order valence-electron chi connectivity index (χ3n) is 3.54. The summed E-state index contributed by atoms with van der Waals surface area (Å²) in [6.07, 6.45) is 13.1. The highest BCUT2D eigenvalue weighted by molar-refractivity contribution is 5.85. The van der Waals surface area contributed by atoms with Gasteiger partial charge in [-0.1, -0.05) is 64.7 Å². The zero-order valence-corrected chi connectivity index (χ0v) is 14.3. The van der Waals surface area contributed by atoms with Gasteiger partial charge in [0.05, 0.1) is 13.2 Å². The summed E-state index contributed by atoms with van der Waals surface area (Å²) in [7, 11) is 0. The monoisotopic (exact) mass is 314 g/mol. The molecule has 0 saturated carbocycles. The van der Waals surface area contributed by atoms with Crippen molar-refractivity contribution in [1.82, 2.24) is 0 Å². The maximum absolute atomic E-state index is 11.4. The Labute approximate surface area is 135 Å². The molecule has 0 amide bonds. The van der Waals surface area contributed by atoms with Gasteiger partial charge in [-0.05, 0) is 13.0 Å². The van der Waals surface area contributed by atoms with Gasteiger partial charge in [0, 0.05) is 13.0 Å². The highest BCUT2D eigenvalue weighted by Gasteiger charge is 2.09. The van der Waals surface area contributed by atoms with E-state index in [0.717, 1.165) is 12.8 Å². The van der Waals surface area contributed by atoms with Gasteiger partial charge in [-0.15, -0.1) is 0 Å². The Morgan fingerprint density at radius 1 is 0.818 bits per heavy atom. The van der Waals surface area contributed by atoms with Crippen LogP contribution in [0.2, 0.25) is 0 Å². The molecule has 0 aliphatic rings. The molecular weight excluding hydrogens is 280 g/mol. The van der Waals surface area contributed by atoms with E-state index >= 15 is 0 Å². The summed E-state index contributed by atoms with van der Waals surface area (Å²) in [6, 6.07) is 0. The normalized spacial score (nSPS) is 10.5. The first-order valence-corrected chi connectivity index (χ1v) is 8.82. The molecule has 4 heteroatoms. The highest BCUT2D eigenvalue weighted by Crippen LogP contribution is 2.11. The summed E-state index contributed by atoms with van der Waals surface area (Å²) in [4.78, 5) is 11.4. The van der Waals surface area contributed by atoms with E-state index in [9.17, 15) is 4.79 Å². The lowest BCUT2D eigenvalue weighted by atomic mass is 10.1. The summed E-state index contributed by atoms with van der Waals surface area (Å²) in [5.74, 6) is -0.464. The van der Waals surface area contributed by atoms with E-state index in [1.807, 2.05) is 0 Å². The predicted molar refractivity (Wildman–Crippen MR) is 89.6 cm³/mol. The van der Waals surface area contributed by atoms with Crippen molar-refractivity contribution in [2.45, 2.75) is 77.6 Å². The average Bonchev–Trinajstić information content (AvgIpc) is 2.52. The van der Waals surface area contributed by atoms with Gasteiger partial charge in [0.2, 0.25) is 0 Å². The maximum atomic E-state index is 11.4. The SMILES string of the molecule is C=C(OCCCCCCCCCCCC)C(=O)OCCCO. The minimum atomic E-state index is -0.527. The van der Waals surface area contributed by atoms with Gasteiger partial charge >= 0.3 is 5.97 Å². The summed E-state index contributed by atoms with van der Waals surface area (Å²) >= 11 is 0. The Balaban J connectivity index is 3.28. The van der Waals surface area contributed by atoms with Gasteiger partial charge in [-0.2, -0.15) is 0 Å². The Hall–Kier alpha value is -1.03. The van der Waals surface area contributed by atoms with Crippen molar-refractivity contribution >= 4 is 5.97 Å². The fourth-order valence-corrected chi connectivity index (χ4v) is 2.15. The molecule has 4 nitrogen and oxygen atoms in total. The number of rotatable bonds is 16. The lowest BCUT2D eigenvalue weighted by molar-refractivity contribution is -0.143. The van der Waals surface area contributed by atoms with Crippen LogP contribution in [0.1, 0.15) is 77.6 Å². The van der Waals surface area contributed by atoms with E-state index in [-0.39, 0.29) is 19.0 Å². The number of aliphatic hydroxyl groups excluding tert-OH is 1. The van der Waals surface area contributed by atoms with Crippen LogP contribution in [-0.2, 0) is 14.3 Å². The van der Waals surface area contributed by atoms with Crippen LogP contribution >= 0.6 is 0 Å². The standard InChI is InChI=1S/C18H34O4/c1-3-4-5-6-7-8-9-10-11-12-15-21-17(2)18(20)22-16-13-14-19/h19H,2-16H2,1H3. The molecule has 0 saturated heterocycles. The van der Waals surface area contributed by atoms with Crippen molar-refractivity contribution in [3.63, 3.8) is 0 Å². The van der Waals surface area contributed by atoms with E-state index in [0.29, 0.717) is 13.0 Å². The topological polar surface area (TPSA) is 55.8 Å². The number of hydrogen-bond donors (Lipinski definition) is 1. The second-order valence-electron chi connectivity index (χ2n) is 5.67. The molecule has 130 valence electrons. The Morgan fingerprint density at radius 3 is 1.86 bits per heavy atom. The Kier molecular flexibility index (Phi) is 15.6. The van der Waals surface area contributed by atoms with Crippen molar-refractivity contribution in [2.24, 2.45) is 0 Å². The molecule has 0 unspecified atom stereocenters. The molecule has 1 N–H and O–H groups in total. The molecule has 0 aromatic rings.